The summed E-state index contributed by atoms with van der Waals surface area (Å²) in [5.74, 6) is -0.0992. The summed E-state index contributed by atoms with van der Waals surface area (Å²) >= 11 is 1.35. The van der Waals surface area contributed by atoms with Crippen LogP contribution < -0.4 is 5.32 Å². The monoisotopic (exact) mass is 477 g/mol. The number of anilines is 1. The van der Waals surface area contributed by atoms with Gasteiger partial charge in [-0.3, -0.25) is 4.79 Å². The number of nitrogens with zero attached hydrogens (tertiary/aromatic N) is 2. The molecule has 1 aromatic heterocycles. The van der Waals surface area contributed by atoms with E-state index in [-0.39, 0.29) is 5.91 Å². The number of hydrogen-bond acceptors (Lipinski definition) is 4. The van der Waals surface area contributed by atoms with Crippen molar-refractivity contribution in [3.05, 3.63) is 102 Å². The standard InChI is InChI=1S/C30H27N3OS/c1-4-28(29(34)32-24-16-15-20(2)21(3)17-24)35-30-26(19-31)25(22-11-7-5-8-12-22)18-27(33-30)23-13-9-6-10-14-23/h5-18,28H,4H2,1-3H3,(H,32,34). The van der Waals surface area contributed by atoms with Crippen LogP contribution in [-0.4, -0.2) is 16.1 Å². The van der Waals surface area contributed by atoms with Crippen molar-refractivity contribution in [1.82, 2.24) is 4.98 Å². The number of pyridine rings is 1. The first kappa shape index (κ1) is 24.3. The highest BCUT2D eigenvalue weighted by Crippen LogP contribution is 2.36. The highest BCUT2D eigenvalue weighted by Gasteiger charge is 2.23. The summed E-state index contributed by atoms with van der Waals surface area (Å²) in [5.41, 5.74) is 7.05. The van der Waals surface area contributed by atoms with Gasteiger partial charge in [-0.2, -0.15) is 5.26 Å². The predicted octanol–water partition coefficient (Wildman–Crippen LogP) is 7.41. The van der Waals surface area contributed by atoms with Crippen LogP contribution in [0.15, 0.2) is 90.0 Å². The van der Waals surface area contributed by atoms with E-state index in [0.29, 0.717) is 17.0 Å². The van der Waals surface area contributed by atoms with E-state index in [2.05, 4.69) is 11.4 Å². The number of amides is 1. The molecule has 174 valence electrons. The first-order valence-electron chi connectivity index (χ1n) is 11.6. The fourth-order valence-electron chi connectivity index (χ4n) is 3.82. The van der Waals surface area contributed by atoms with Crippen molar-refractivity contribution in [2.24, 2.45) is 0 Å². The maximum Gasteiger partial charge on any atom is 0.237 e. The Balaban J connectivity index is 1.73. The topological polar surface area (TPSA) is 65.8 Å². The van der Waals surface area contributed by atoms with Gasteiger partial charge in [0.2, 0.25) is 5.91 Å². The van der Waals surface area contributed by atoms with Crippen molar-refractivity contribution >= 4 is 23.4 Å². The molecule has 0 saturated carbocycles. The third-order valence-corrected chi connectivity index (χ3v) is 7.29. The molecule has 0 saturated heterocycles. The maximum absolute atomic E-state index is 13.2. The molecule has 0 radical (unpaired) electrons. The number of rotatable bonds is 7. The van der Waals surface area contributed by atoms with Crippen LogP contribution in [0.1, 0.15) is 30.0 Å². The summed E-state index contributed by atoms with van der Waals surface area (Å²) in [6.45, 7) is 6.05. The van der Waals surface area contributed by atoms with Crippen LogP contribution in [-0.2, 0) is 4.79 Å². The van der Waals surface area contributed by atoms with Crippen molar-refractivity contribution in [2.45, 2.75) is 37.5 Å². The minimum atomic E-state index is -0.397. The van der Waals surface area contributed by atoms with Crippen molar-refractivity contribution in [2.75, 3.05) is 5.32 Å². The van der Waals surface area contributed by atoms with Gasteiger partial charge in [0.1, 0.15) is 11.1 Å². The molecule has 0 aliphatic rings. The fourth-order valence-corrected chi connectivity index (χ4v) is 4.84. The van der Waals surface area contributed by atoms with Crippen LogP contribution in [0.5, 0.6) is 0 Å². The third-order valence-electron chi connectivity index (χ3n) is 5.94. The SMILES string of the molecule is CCC(Sc1nc(-c2ccccc2)cc(-c2ccccc2)c1C#N)C(=O)Nc1ccc(C)c(C)c1. The molecule has 1 unspecified atom stereocenters. The maximum atomic E-state index is 13.2. The zero-order valence-electron chi connectivity index (χ0n) is 20.1. The molecule has 35 heavy (non-hydrogen) atoms. The molecule has 0 bridgehead atoms. The van der Waals surface area contributed by atoms with Gasteiger partial charge < -0.3 is 5.32 Å². The van der Waals surface area contributed by atoms with Crippen molar-refractivity contribution in [3.63, 3.8) is 0 Å². The lowest BCUT2D eigenvalue weighted by Gasteiger charge is -2.18. The van der Waals surface area contributed by atoms with Gasteiger partial charge in [-0.15, -0.1) is 0 Å². The van der Waals surface area contributed by atoms with Gasteiger partial charge in [0.15, 0.2) is 0 Å². The molecule has 5 heteroatoms. The first-order valence-corrected chi connectivity index (χ1v) is 12.5. The molecule has 1 N–H and O–H groups in total. The van der Waals surface area contributed by atoms with E-state index in [0.717, 1.165) is 33.6 Å². The highest BCUT2D eigenvalue weighted by atomic mass is 32.2. The Morgan fingerprint density at radius 1 is 0.943 bits per heavy atom. The second kappa shape index (κ2) is 11.0. The van der Waals surface area contributed by atoms with E-state index in [1.54, 1.807) is 0 Å². The Bertz CT molecular complexity index is 1380. The first-order chi connectivity index (χ1) is 17.0. The van der Waals surface area contributed by atoms with Crippen LogP contribution in [0.4, 0.5) is 5.69 Å². The van der Waals surface area contributed by atoms with E-state index in [1.807, 2.05) is 106 Å². The van der Waals surface area contributed by atoms with Gasteiger partial charge in [0.05, 0.1) is 16.5 Å². The number of hydrogen-bond donors (Lipinski definition) is 1. The summed E-state index contributed by atoms with van der Waals surface area (Å²) in [6, 6.07) is 30.0. The molecule has 1 heterocycles. The molecule has 4 nitrogen and oxygen atoms in total. The van der Waals surface area contributed by atoms with Gasteiger partial charge >= 0.3 is 0 Å². The molecular weight excluding hydrogens is 450 g/mol. The van der Waals surface area contributed by atoms with Gasteiger partial charge in [0.25, 0.3) is 0 Å². The largest absolute Gasteiger partial charge is 0.325 e. The Hall–Kier alpha value is -3.88. The van der Waals surface area contributed by atoms with Gasteiger partial charge in [0, 0.05) is 16.8 Å². The Morgan fingerprint density at radius 3 is 2.20 bits per heavy atom. The van der Waals surface area contributed by atoms with Crippen molar-refractivity contribution in [3.8, 4) is 28.5 Å². The Morgan fingerprint density at radius 2 is 1.60 bits per heavy atom. The highest BCUT2D eigenvalue weighted by molar-refractivity contribution is 8.00. The number of benzene rings is 3. The number of aromatic nitrogens is 1. The van der Waals surface area contributed by atoms with Crippen LogP contribution in [0, 0.1) is 25.2 Å². The lowest BCUT2D eigenvalue weighted by atomic mass is 9.99. The minimum Gasteiger partial charge on any atom is -0.325 e. The van der Waals surface area contributed by atoms with Crippen molar-refractivity contribution in [1.29, 1.82) is 5.26 Å². The van der Waals surface area contributed by atoms with E-state index >= 15 is 0 Å². The molecule has 0 aliphatic carbocycles. The molecule has 0 spiro atoms. The van der Waals surface area contributed by atoms with Crippen LogP contribution in [0.2, 0.25) is 0 Å². The summed E-state index contributed by atoms with van der Waals surface area (Å²) in [7, 11) is 0. The number of thioether (sulfide) groups is 1. The Kier molecular flexibility index (Phi) is 7.64. The van der Waals surface area contributed by atoms with Crippen LogP contribution in [0.25, 0.3) is 22.4 Å². The lowest BCUT2D eigenvalue weighted by Crippen LogP contribution is -2.25. The molecule has 0 fully saturated rings. The van der Waals surface area contributed by atoms with E-state index in [4.69, 9.17) is 4.98 Å². The Labute approximate surface area is 211 Å². The zero-order chi connectivity index (χ0) is 24.8. The van der Waals surface area contributed by atoms with Crippen molar-refractivity contribution < 1.29 is 4.79 Å². The molecular formula is C30H27N3OS. The molecule has 0 aliphatic heterocycles. The number of aryl methyl sites for hydroxylation is 2. The quantitative estimate of drug-likeness (QED) is 0.281. The average Bonchev–Trinajstić information content (AvgIpc) is 2.89. The van der Waals surface area contributed by atoms with Crippen LogP contribution >= 0.6 is 11.8 Å². The molecule has 4 rings (SSSR count). The minimum absolute atomic E-state index is 0.0992. The number of nitriles is 1. The molecule has 1 amide bonds. The summed E-state index contributed by atoms with van der Waals surface area (Å²) in [4.78, 5) is 18.1. The second-order valence-electron chi connectivity index (χ2n) is 8.38. The van der Waals surface area contributed by atoms with E-state index in [9.17, 15) is 10.1 Å². The van der Waals surface area contributed by atoms with Crippen LogP contribution in [0.3, 0.4) is 0 Å². The second-order valence-corrected chi connectivity index (χ2v) is 9.57. The fraction of sp³-hybridized carbons (Fsp3) is 0.167. The average molecular weight is 478 g/mol. The molecule has 3 aromatic carbocycles. The summed E-state index contributed by atoms with van der Waals surface area (Å²) < 4.78 is 0. The summed E-state index contributed by atoms with van der Waals surface area (Å²) in [6.07, 6.45) is 0.601. The van der Waals surface area contributed by atoms with Gasteiger partial charge in [-0.05, 0) is 55.2 Å². The lowest BCUT2D eigenvalue weighted by molar-refractivity contribution is -0.115. The smallest absolute Gasteiger partial charge is 0.237 e. The summed E-state index contributed by atoms with van der Waals surface area (Å²) in [5, 5.41) is 13.3. The predicted molar refractivity (Wildman–Crippen MR) is 144 cm³/mol. The zero-order valence-corrected chi connectivity index (χ0v) is 20.9. The number of nitrogens with one attached hydrogen (secondary N) is 1. The molecule has 4 aromatic rings. The number of carbonyl (C=O) groups is 1. The third kappa shape index (κ3) is 5.62. The van der Waals surface area contributed by atoms with E-state index < -0.39 is 5.25 Å². The normalized spacial score (nSPS) is 11.5. The molecule has 1 atom stereocenters. The van der Waals surface area contributed by atoms with E-state index in [1.165, 1.54) is 17.3 Å². The number of carbonyl (C=O) groups excluding carboxylic acids is 1. The van der Waals surface area contributed by atoms with Gasteiger partial charge in [-0.25, -0.2) is 4.98 Å². The van der Waals surface area contributed by atoms with Gasteiger partial charge in [-0.1, -0.05) is 85.4 Å².